The highest BCUT2D eigenvalue weighted by atomic mass is 16.5. The lowest BCUT2D eigenvalue weighted by Crippen LogP contribution is -2.44. The van der Waals surface area contributed by atoms with Crippen LogP contribution in [0.5, 0.6) is 5.75 Å². The topological polar surface area (TPSA) is 47.4 Å². The highest BCUT2D eigenvalue weighted by molar-refractivity contribution is 5.83. The van der Waals surface area contributed by atoms with Crippen LogP contribution in [0.3, 0.4) is 0 Å². The van der Waals surface area contributed by atoms with Gasteiger partial charge < -0.3 is 9.64 Å². The molecule has 0 spiro atoms. The van der Waals surface area contributed by atoms with Crippen LogP contribution in [0.2, 0.25) is 0 Å². The van der Waals surface area contributed by atoms with Gasteiger partial charge in [0.1, 0.15) is 11.3 Å². The summed E-state index contributed by atoms with van der Waals surface area (Å²) in [6.07, 6.45) is 1.91. The number of methoxy groups -OCH3 is 1. The normalized spacial score (nSPS) is 11.4. The van der Waals surface area contributed by atoms with Crippen molar-refractivity contribution >= 4 is 5.91 Å². The lowest BCUT2D eigenvalue weighted by atomic mass is 10.0. The summed E-state index contributed by atoms with van der Waals surface area (Å²) in [7, 11) is 5.15. The molecule has 0 N–H and O–H groups in total. The molecule has 0 aliphatic carbocycles. The van der Waals surface area contributed by atoms with Gasteiger partial charge in [0.25, 0.3) is 0 Å². The summed E-state index contributed by atoms with van der Waals surface area (Å²) < 4.78 is 7.14. The van der Waals surface area contributed by atoms with Crippen LogP contribution in [-0.2, 0) is 10.3 Å². The van der Waals surface area contributed by atoms with Crippen molar-refractivity contribution in [2.24, 2.45) is 0 Å². The molecule has 22 heavy (non-hydrogen) atoms. The molecule has 1 aromatic carbocycles. The molecule has 0 unspecified atom stereocenters. The Bertz CT molecular complexity index is 687. The molecule has 0 bridgehead atoms. The van der Waals surface area contributed by atoms with Crippen molar-refractivity contribution in [1.82, 2.24) is 14.7 Å². The summed E-state index contributed by atoms with van der Waals surface area (Å²) in [6, 6.07) is 7.75. The molecule has 2 rings (SSSR count). The number of hydrogen-bond donors (Lipinski definition) is 0. The van der Waals surface area contributed by atoms with E-state index in [0.29, 0.717) is 0 Å². The highest BCUT2D eigenvalue weighted by Crippen LogP contribution is 2.32. The van der Waals surface area contributed by atoms with Crippen LogP contribution in [0, 0.1) is 6.92 Å². The fraction of sp³-hybridized carbons (Fsp3) is 0.412. The molecule has 2 aromatic rings. The number of carbonyl (C=O) groups excluding carboxylic acids is 1. The molecule has 5 heteroatoms. The number of carbonyl (C=O) groups is 1. The molecule has 118 valence electrons. The summed E-state index contributed by atoms with van der Waals surface area (Å²) in [5.41, 5.74) is 2.02. The average Bonchev–Trinajstić information content (AvgIpc) is 2.88. The van der Waals surface area contributed by atoms with Crippen LogP contribution < -0.4 is 4.74 Å². The molecule has 0 saturated carbocycles. The third-order valence-electron chi connectivity index (χ3n) is 3.76. The van der Waals surface area contributed by atoms with Gasteiger partial charge in [-0.15, -0.1) is 0 Å². The fourth-order valence-corrected chi connectivity index (χ4v) is 2.50. The number of aromatic nitrogens is 2. The first-order chi connectivity index (χ1) is 10.3. The van der Waals surface area contributed by atoms with Crippen LogP contribution in [0.15, 0.2) is 30.5 Å². The summed E-state index contributed by atoms with van der Waals surface area (Å²) in [5.74, 6) is 0.772. The second-order valence-electron chi connectivity index (χ2n) is 6.06. The third-order valence-corrected chi connectivity index (χ3v) is 3.76. The zero-order chi connectivity index (χ0) is 16.5. The monoisotopic (exact) mass is 301 g/mol. The summed E-state index contributed by atoms with van der Waals surface area (Å²) in [6.45, 7) is 5.73. The quantitative estimate of drug-likeness (QED) is 0.872. The van der Waals surface area contributed by atoms with Crippen LogP contribution in [0.4, 0.5) is 0 Å². The molecule has 0 aliphatic heterocycles. The van der Waals surface area contributed by atoms with E-state index in [-0.39, 0.29) is 5.91 Å². The summed E-state index contributed by atoms with van der Waals surface area (Å²) >= 11 is 0. The second-order valence-corrected chi connectivity index (χ2v) is 6.06. The molecule has 1 amide bonds. The van der Waals surface area contributed by atoms with Crippen molar-refractivity contribution < 1.29 is 9.53 Å². The molecular formula is C17H23N3O2. The van der Waals surface area contributed by atoms with Crippen molar-refractivity contribution in [3.05, 3.63) is 36.0 Å². The maximum absolute atomic E-state index is 12.4. The Balaban J connectivity index is 2.51. The van der Waals surface area contributed by atoms with Crippen molar-refractivity contribution in [1.29, 1.82) is 0 Å². The number of hydrogen-bond acceptors (Lipinski definition) is 3. The first kappa shape index (κ1) is 16.1. The van der Waals surface area contributed by atoms with E-state index in [9.17, 15) is 4.79 Å². The van der Waals surface area contributed by atoms with Gasteiger partial charge in [-0.2, -0.15) is 5.10 Å². The van der Waals surface area contributed by atoms with E-state index in [1.165, 1.54) is 0 Å². The molecule has 0 saturated heterocycles. The number of aryl methyl sites for hydroxylation is 1. The Morgan fingerprint density at radius 1 is 1.27 bits per heavy atom. The van der Waals surface area contributed by atoms with Crippen molar-refractivity contribution in [3.63, 3.8) is 0 Å². The second kappa shape index (κ2) is 5.83. The minimum Gasteiger partial charge on any atom is -0.496 e. The van der Waals surface area contributed by atoms with Crippen LogP contribution >= 0.6 is 0 Å². The predicted molar refractivity (Wildman–Crippen MR) is 87.0 cm³/mol. The lowest BCUT2D eigenvalue weighted by molar-refractivity contribution is -0.137. The minimum atomic E-state index is -0.742. The Morgan fingerprint density at radius 2 is 1.91 bits per heavy atom. The van der Waals surface area contributed by atoms with Gasteiger partial charge in [0, 0.05) is 25.9 Å². The van der Waals surface area contributed by atoms with E-state index in [1.807, 2.05) is 51.2 Å². The lowest BCUT2D eigenvalue weighted by Gasteiger charge is -2.27. The SMILES string of the molecule is COc1ccccc1-c1nn(C(C)(C)C(=O)N(C)C)cc1C. The van der Waals surface area contributed by atoms with Crippen LogP contribution in [0.1, 0.15) is 19.4 Å². The van der Waals surface area contributed by atoms with E-state index in [2.05, 4.69) is 5.10 Å². The van der Waals surface area contributed by atoms with Crippen molar-refractivity contribution in [3.8, 4) is 17.0 Å². The molecular weight excluding hydrogens is 278 g/mol. The van der Waals surface area contributed by atoms with Crippen molar-refractivity contribution in [2.45, 2.75) is 26.3 Å². The molecule has 1 heterocycles. The Labute approximate surface area is 131 Å². The van der Waals surface area contributed by atoms with E-state index in [0.717, 1.165) is 22.6 Å². The number of nitrogens with zero attached hydrogens (tertiary/aromatic N) is 3. The van der Waals surface area contributed by atoms with Gasteiger partial charge in [0.15, 0.2) is 0 Å². The van der Waals surface area contributed by atoms with Crippen LogP contribution in [-0.4, -0.2) is 41.8 Å². The van der Waals surface area contributed by atoms with Gasteiger partial charge in [-0.05, 0) is 38.5 Å². The standard InChI is InChI=1S/C17H23N3O2/c1-12-11-20(17(2,3)16(21)19(4)5)18-15(12)13-9-7-8-10-14(13)22-6/h7-11H,1-6H3. The first-order valence-corrected chi connectivity index (χ1v) is 7.21. The molecule has 0 aliphatic rings. The Hall–Kier alpha value is -2.30. The maximum Gasteiger partial charge on any atom is 0.249 e. The Kier molecular flexibility index (Phi) is 4.26. The third kappa shape index (κ3) is 2.71. The molecule has 1 aromatic heterocycles. The van der Waals surface area contributed by atoms with Crippen LogP contribution in [0.25, 0.3) is 11.3 Å². The maximum atomic E-state index is 12.4. The number of benzene rings is 1. The van der Waals surface area contributed by atoms with Gasteiger partial charge in [0.2, 0.25) is 5.91 Å². The number of para-hydroxylation sites is 1. The van der Waals surface area contributed by atoms with Crippen molar-refractivity contribution in [2.75, 3.05) is 21.2 Å². The molecule has 5 nitrogen and oxygen atoms in total. The van der Waals surface area contributed by atoms with E-state index >= 15 is 0 Å². The van der Waals surface area contributed by atoms with E-state index in [1.54, 1.807) is 30.8 Å². The average molecular weight is 301 g/mol. The minimum absolute atomic E-state index is 0.00146. The zero-order valence-corrected chi connectivity index (χ0v) is 14.0. The van der Waals surface area contributed by atoms with Gasteiger partial charge in [-0.1, -0.05) is 12.1 Å². The fourth-order valence-electron chi connectivity index (χ4n) is 2.50. The van der Waals surface area contributed by atoms with Gasteiger partial charge in [0.05, 0.1) is 12.8 Å². The molecule has 0 radical (unpaired) electrons. The number of likely N-dealkylation sites (N-methyl/N-ethyl adjacent to an activating group) is 1. The smallest absolute Gasteiger partial charge is 0.249 e. The molecule has 0 fully saturated rings. The van der Waals surface area contributed by atoms with Gasteiger partial charge in [-0.25, -0.2) is 0 Å². The summed E-state index contributed by atoms with van der Waals surface area (Å²) in [5, 5.41) is 4.65. The van der Waals surface area contributed by atoms with E-state index in [4.69, 9.17) is 4.74 Å². The number of ether oxygens (including phenoxy) is 1. The van der Waals surface area contributed by atoms with Gasteiger partial charge >= 0.3 is 0 Å². The number of rotatable bonds is 4. The highest BCUT2D eigenvalue weighted by Gasteiger charge is 2.33. The first-order valence-electron chi connectivity index (χ1n) is 7.21. The van der Waals surface area contributed by atoms with Gasteiger partial charge in [-0.3, -0.25) is 9.48 Å². The summed E-state index contributed by atoms with van der Waals surface area (Å²) in [4.78, 5) is 14.0. The zero-order valence-electron chi connectivity index (χ0n) is 14.0. The predicted octanol–water partition coefficient (Wildman–Crippen LogP) is 2.69. The van der Waals surface area contributed by atoms with E-state index < -0.39 is 5.54 Å². The number of amides is 1. The largest absolute Gasteiger partial charge is 0.496 e. The molecule has 0 atom stereocenters. The Morgan fingerprint density at radius 3 is 2.50 bits per heavy atom.